The standard InChI is InChI=1S/C22H33N3O2Si/c1-7-11-25-20-9-8-17(24(3)22(26)27-13-14-28(4,5)6)15-18(20)19-16-23(2)12-10-21(19)25/h7-9,15H,1,10-14,16H2,2-6H3. The van der Waals surface area contributed by atoms with Gasteiger partial charge in [-0.15, -0.1) is 6.58 Å². The SMILES string of the molecule is C=CCn1c2c(c3cc(N(C)C(=O)OCC[Si](C)(C)C)ccc31)CN(C)CC2. The summed E-state index contributed by atoms with van der Waals surface area (Å²) in [5.41, 5.74) is 4.85. The van der Waals surface area contributed by atoms with E-state index < -0.39 is 8.07 Å². The quantitative estimate of drug-likeness (QED) is 0.521. The van der Waals surface area contributed by atoms with E-state index in [0.29, 0.717) is 6.61 Å². The predicted octanol–water partition coefficient (Wildman–Crippen LogP) is 4.73. The van der Waals surface area contributed by atoms with Crippen molar-refractivity contribution in [1.29, 1.82) is 0 Å². The highest BCUT2D eigenvalue weighted by molar-refractivity contribution is 6.76. The van der Waals surface area contributed by atoms with Crippen molar-refractivity contribution in [3.05, 3.63) is 42.1 Å². The third-order valence-corrected chi connectivity index (χ3v) is 7.18. The van der Waals surface area contributed by atoms with Crippen LogP contribution in [-0.4, -0.2) is 50.9 Å². The van der Waals surface area contributed by atoms with Crippen LogP contribution in [-0.2, 0) is 24.2 Å². The van der Waals surface area contributed by atoms with Gasteiger partial charge in [0.15, 0.2) is 0 Å². The van der Waals surface area contributed by atoms with Crippen LogP contribution in [0.3, 0.4) is 0 Å². The van der Waals surface area contributed by atoms with Crippen molar-refractivity contribution in [3.8, 4) is 0 Å². The van der Waals surface area contributed by atoms with Crippen LogP contribution in [0, 0.1) is 0 Å². The molecule has 0 saturated heterocycles. The van der Waals surface area contributed by atoms with Gasteiger partial charge in [0.25, 0.3) is 0 Å². The number of hydrogen-bond acceptors (Lipinski definition) is 3. The lowest BCUT2D eigenvalue weighted by molar-refractivity contribution is 0.161. The maximum atomic E-state index is 12.5. The molecule has 0 N–H and O–H groups in total. The summed E-state index contributed by atoms with van der Waals surface area (Å²) in [6.07, 6.45) is 2.71. The second-order valence-corrected chi connectivity index (χ2v) is 14.6. The predicted molar refractivity (Wildman–Crippen MR) is 120 cm³/mol. The molecule has 0 bridgehead atoms. The van der Waals surface area contributed by atoms with Gasteiger partial charge in [0.1, 0.15) is 0 Å². The average Bonchev–Trinajstić information content (AvgIpc) is 2.93. The van der Waals surface area contributed by atoms with Gasteiger partial charge < -0.3 is 14.2 Å². The van der Waals surface area contributed by atoms with Gasteiger partial charge in [-0.05, 0) is 36.9 Å². The van der Waals surface area contributed by atoms with Gasteiger partial charge in [0.05, 0.1) is 6.61 Å². The Morgan fingerprint density at radius 1 is 1.36 bits per heavy atom. The maximum absolute atomic E-state index is 12.5. The molecule has 0 aliphatic carbocycles. The smallest absolute Gasteiger partial charge is 0.413 e. The van der Waals surface area contributed by atoms with E-state index >= 15 is 0 Å². The number of nitrogens with zero attached hydrogens (tertiary/aromatic N) is 3. The third-order valence-electron chi connectivity index (χ3n) is 5.48. The van der Waals surface area contributed by atoms with Crippen molar-refractivity contribution in [2.45, 2.75) is 45.2 Å². The van der Waals surface area contributed by atoms with Crippen molar-refractivity contribution in [2.75, 3.05) is 32.1 Å². The number of anilines is 1. The monoisotopic (exact) mass is 399 g/mol. The summed E-state index contributed by atoms with van der Waals surface area (Å²) < 4.78 is 7.88. The molecule has 0 atom stereocenters. The van der Waals surface area contributed by atoms with E-state index in [1.54, 1.807) is 11.9 Å². The summed E-state index contributed by atoms with van der Waals surface area (Å²) >= 11 is 0. The Bertz CT molecular complexity index is 882. The summed E-state index contributed by atoms with van der Waals surface area (Å²) in [5.74, 6) is 0. The van der Waals surface area contributed by atoms with Crippen LogP contribution in [0.15, 0.2) is 30.9 Å². The van der Waals surface area contributed by atoms with E-state index in [1.807, 2.05) is 12.1 Å². The Morgan fingerprint density at radius 3 is 2.79 bits per heavy atom. The molecule has 0 fully saturated rings. The maximum Gasteiger partial charge on any atom is 0.413 e. The van der Waals surface area contributed by atoms with Gasteiger partial charge in [-0.3, -0.25) is 4.90 Å². The minimum atomic E-state index is -1.21. The van der Waals surface area contributed by atoms with Crippen LogP contribution in [0.5, 0.6) is 0 Å². The number of rotatable bonds is 6. The van der Waals surface area contributed by atoms with Crippen LogP contribution in [0.1, 0.15) is 11.3 Å². The summed E-state index contributed by atoms with van der Waals surface area (Å²) in [7, 11) is 2.73. The van der Waals surface area contributed by atoms with Gasteiger partial charge in [-0.25, -0.2) is 4.79 Å². The number of amides is 1. The van der Waals surface area contributed by atoms with Gasteiger partial charge in [-0.1, -0.05) is 25.7 Å². The molecule has 0 radical (unpaired) electrons. The van der Waals surface area contributed by atoms with Crippen molar-refractivity contribution in [2.24, 2.45) is 0 Å². The number of benzene rings is 1. The van der Waals surface area contributed by atoms with Gasteiger partial charge in [0.2, 0.25) is 0 Å². The first-order chi connectivity index (χ1) is 13.2. The zero-order chi connectivity index (χ0) is 20.5. The minimum absolute atomic E-state index is 0.283. The molecule has 152 valence electrons. The van der Waals surface area contributed by atoms with Crippen LogP contribution in [0.4, 0.5) is 10.5 Å². The Labute approximate surface area is 169 Å². The van der Waals surface area contributed by atoms with Crippen LogP contribution in [0.25, 0.3) is 10.9 Å². The van der Waals surface area contributed by atoms with Gasteiger partial charge in [-0.2, -0.15) is 0 Å². The number of carbonyl (C=O) groups excluding carboxylic acids is 1. The van der Waals surface area contributed by atoms with Crippen molar-refractivity contribution >= 4 is 30.8 Å². The number of likely N-dealkylation sites (N-methyl/N-ethyl adjacent to an activating group) is 1. The summed E-state index contributed by atoms with van der Waals surface area (Å²) in [4.78, 5) is 16.5. The molecule has 1 amide bonds. The van der Waals surface area contributed by atoms with Crippen molar-refractivity contribution in [3.63, 3.8) is 0 Å². The summed E-state index contributed by atoms with van der Waals surface area (Å²) in [5, 5.41) is 1.22. The molecule has 6 heteroatoms. The van der Waals surface area contributed by atoms with Crippen molar-refractivity contribution < 1.29 is 9.53 Å². The molecule has 0 saturated carbocycles. The average molecular weight is 400 g/mol. The molecule has 1 aliphatic rings. The number of allylic oxidation sites excluding steroid dienone is 1. The van der Waals surface area contributed by atoms with Crippen LogP contribution < -0.4 is 4.90 Å². The number of hydrogen-bond donors (Lipinski definition) is 0. The molecule has 1 aliphatic heterocycles. The first-order valence-electron chi connectivity index (χ1n) is 10.0. The molecule has 1 aromatic carbocycles. The Hall–Kier alpha value is -2.05. The fraction of sp³-hybridized carbons (Fsp3) is 0.500. The van der Waals surface area contributed by atoms with Crippen LogP contribution >= 0.6 is 0 Å². The van der Waals surface area contributed by atoms with E-state index in [9.17, 15) is 4.79 Å². The largest absolute Gasteiger partial charge is 0.449 e. The molecule has 2 heterocycles. The zero-order valence-electron chi connectivity index (χ0n) is 17.9. The number of carbonyl (C=O) groups is 1. The Morgan fingerprint density at radius 2 is 2.11 bits per heavy atom. The molecule has 1 aromatic heterocycles. The second-order valence-electron chi connectivity index (χ2n) is 9.00. The Balaban J connectivity index is 1.88. The van der Waals surface area contributed by atoms with Gasteiger partial charge in [0, 0.05) is 63.5 Å². The topological polar surface area (TPSA) is 37.7 Å². The lowest BCUT2D eigenvalue weighted by atomic mass is 10.0. The lowest BCUT2D eigenvalue weighted by Crippen LogP contribution is -2.29. The van der Waals surface area contributed by atoms with Crippen LogP contribution in [0.2, 0.25) is 25.7 Å². The highest BCUT2D eigenvalue weighted by Gasteiger charge is 2.23. The summed E-state index contributed by atoms with van der Waals surface area (Å²) in [6, 6.07) is 7.25. The fourth-order valence-corrected chi connectivity index (χ4v) is 4.48. The molecule has 5 nitrogen and oxygen atoms in total. The first-order valence-corrected chi connectivity index (χ1v) is 13.8. The highest BCUT2D eigenvalue weighted by Crippen LogP contribution is 2.33. The van der Waals surface area contributed by atoms with E-state index in [1.165, 1.54) is 22.2 Å². The second kappa shape index (κ2) is 8.13. The first kappa shape index (κ1) is 20.7. The minimum Gasteiger partial charge on any atom is -0.449 e. The lowest BCUT2D eigenvalue weighted by Gasteiger charge is -2.24. The van der Waals surface area contributed by atoms with E-state index in [2.05, 4.69) is 54.9 Å². The molecule has 0 spiro atoms. The van der Waals surface area contributed by atoms with E-state index in [-0.39, 0.29) is 6.09 Å². The number of ether oxygens (including phenoxy) is 1. The molecule has 2 aromatic rings. The number of aromatic nitrogens is 1. The zero-order valence-corrected chi connectivity index (χ0v) is 18.9. The molecular weight excluding hydrogens is 366 g/mol. The Kier molecular flexibility index (Phi) is 6.00. The normalized spacial score (nSPS) is 14.8. The molecule has 28 heavy (non-hydrogen) atoms. The molecular formula is C22H33N3O2Si. The molecule has 0 unspecified atom stereocenters. The fourth-order valence-electron chi connectivity index (χ4n) is 3.77. The van der Waals surface area contributed by atoms with Crippen molar-refractivity contribution in [1.82, 2.24) is 9.47 Å². The summed E-state index contributed by atoms with van der Waals surface area (Å²) in [6.45, 7) is 14.1. The van der Waals surface area contributed by atoms with E-state index in [4.69, 9.17) is 4.74 Å². The van der Waals surface area contributed by atoms with Gasteiger partial charge >= 0.3 is 6.09 Å². The highest BCUT2D eigenvalue weighted by atomic mass is 28.3. The number of fused-ring (bicyclic) bond motifs is 3. The molecule has 3 rings (SSSR count). The van der Waals surface area contributed by atoms with E-state index in [0.717, 1.165) is 37.8 Å². The third kappa shape index (κ3) is 4.33.